The molecule has 0 spiro atoms. The van der Waals surface area contributed by atoms with E-state index in [4.69, 9.17) is 5.73 Å². The molecule has 0 aromatic carbocycles. The maximum absolute atomic E-state index is 5.65. The molecule has 3 heteroatoms. The average molecular weight is 204 g/mol. The van der Waals surface area contributed by atoms with Crippen molar-refractivity contribution in [3.05, 3.63) is 0 Å². The Labute approximate surface area is 87.2 Å². The van der Waals surface area contributed by atoms with Gasteiger partial charge in [-0.2, -0.15) is 11.8 Å². The average Bonchev–Trinajstić information content (AvgIpc) is 2.14. The molecule has 0 heterocycles. The standard InChI is InChI=1S/C10H24N2S/c1-8(6-11)10(3)12(4)9(2)7-13-5/h8-10H,6-7,11H2,1-5H3. The van der Waals surface area contributed by atoms with Crippen molar-refractivity contribution in [1.29, 1.82) is 0 Å². The van der Waals surface area contributed by atoms with Crippen molar-refractivity contribution in [2.45, 2.75) is 32.9 Å². The van der Waals surface area contributed by atoms with E-state index >= 15 is 0 Å². The molecule has 0 bridgehead atoms. The van der Waals surface area contributed by atoms with Gasteiger partial charge < -0.3 is 5.73 Å². The largest absolute Gasteiger partial charge is 0.330 e. The lowest BCUT2D eigenvalue weighted by Gasteiger charge is -2.33. The molecule has 0 aromatic rings. The summed E-state index contributed by atoms with van der Waals surface area (Å²) in [5.41, 5.74) is 5.65. The summed E-state index contributed by atoms with van der Waals surface area (Å²) < 4.78 is 0. The molecular weight excluding hydrogens is 180 g/mol. The molecule has 0 saturated heterocycles. The van der Waals surface area contributed by atoms with Crippen LogP contribution < -0.4 is 5.73 Å². The molecule has 0 rings (SSSR count). The lowest BCUT2D eigenvalue weighted by Crippen LogP contribution is -2.43. The second-order valence-corrected chi connectivity index (χ2v) is 4.83. The van der Waals surface area contributed by atoms with E-state index in [9.17, 15) is 0 Å². The fourth-order valence-corrected chi connectivity index (χ4v) is 2.08. The van der Waals surface area contributed by atoms with Crippen LogP contribution in [0.1, 0.15) is 20.8 Å². The predicted octanol–water partition coefficient (Wildman–Crippen LogP) is 1.65. The molecule has 3 atom stereocenters. The highest BCUT2D eigenvalue weighted by Crippen LogP contribution is 2.13. The van der Waals surface area contributed by atoms with E-state index in [-0.39, 0.29) is 0 Å². The second-order valence-electron chi connectivity index (χ2n) is 3.92. The first-order chi connectivity index (χ1) is 6.04. The third-order valence-corrected chi connectivity index (χ3v) is 3.76. The zero-order chi connectivity index (χ0) is 10.4. The number of thioether (sulfide) groups is 1. The topological polar surface area (TPSA) is 29.3 Å². The molecule has 0 aliphatic carbocycles. The summed E-state index contributed by atoms with van der Waals surface area (Å²) in [7, 11) is 2.19. The highest BCUT2D eigenvalue weighted by Gasteiger charge is 2.19. The minimum atomic E-state index is 0.576. The Morgan fingerprint density at radius 2 is 1.85 bits per heavy atom. The van der Waals surface area contributed by atoms with E-state index in [0.29, 0.717) is 18.0 Å². The summed E-state index contributed by atoms with van der Waals surface area (Å²) >= 11 is 1.90. The first-order valence-electron chi connectivity index (χ1n) is 4.95. The lowest BCUT2D eigenvalue weighted by molar-refractivity contribution is 0.166. The Morgan fingerprint density at radius 3 is 2.23 bits per heavy atom. The first-order valence-corrected chi connectivity index (χ1v) is 6.34. The summed E-state index contributed by atoms with van der Waals surface area (Å²) in [6.45, 7) is 7.52. The smallest absolute Gasteiger partial charge is 0.0157 e. The number of hydrogen-bond acceptors (Lipinski definition) is 3. The highest BCUT2D eigenvalue weighted by molar-refractivity contribution is 7.98. The van der Waals surface area contributed by atoms with Gasteiger partial charge in [0.15, 0.2) is 0 Å². The van der Waals surface area contributed by atoms with Gasteiger partial charge in [0.2, 0.25) is 0 Å². The van der Waals surface area contributed by atoms with Gasteiger partial charge in [-0.05, 0) is 39.6 Å². The van der Waals surface area contributed by atoms with Gasteiger partial charge >= 0.3 is 0 Å². The van der Waals surface area contributed by atoms with Crippen LogP contribution in [-0.4, -0.2) is 42.6 Å². The van der Waals surface area contributed by atoms with Crippen molar-refractivity contribution >= 4 is 11.8 Å². The van der Waals surface area contributed by atoms with Crippen LogP contribution in [0.4, 0.5) is 0 Å². The molecule has 0 saturated carbocycles. The number of rotatable bonds is 6. The van der Waals surface area contributed by atoms with Gasteiger partial charge in [0.25, 0.3) is 0 Å². The van der Waals surface area contributed by atoms with Crippen LogP contribution in [0.25, 0.3) is 0 Å². The Balaban J connectivity index is 3.99. The third kappa shape index (κ3) is 4.34. The van der Waals surface area contributed by atoms with Gasteiger partial charge in [0.1, 0.15) is 0 Å². The fraction of sp³-hybridized carbons (Fsp3) is 1.00. The highest BCUT2D eigenvalue weighted by atomic mass is 32.2. The van der Waals surface area contributed by atoms with Crippen molar-refractivity contribution in [2.75, 3.05) is 25.6 Å². The van der Waals surface area contributed by atoms with Crippen LogP contribution in [0.5, 0.6) is 0 Å². The number of nitrogens with two attached hydrogens (primary N) is 1. The molecule has 0 aromatic heterocycles. The molecule has 0 radical (unpaired) electrons. The van der Waals surface area contributed by atoms with E-state index in [1.165, 1.54) is 5.75 Å². The molecule has 13 heavy (non-hydrogen) atoms. The van der Waals surface area contributed by atoms with Crippen LogP contribution >= 0.6 is 11.8 Å². The molecule has 2 nitrogen and oxygen atoms in total. The lowest BCUT2D eigenvalue weighted by atomic mass is 10.0. The van der Waals surface area contributed by atoms with Gasteiger partial charge in [-0.3, -0.25) is 4.90 Å². The van der Waals surface area contributed by atoms with Crippen LogP contribution in [0.3, 0.4) is 0 Å². The van der Waals surface area contributed by atoms with E-state index in [0.717, 1.165) is 6.54 Å². The number of nitrogens with zero attached hydrogens (tertiary/aromatic N) is 1. The number of hydrogen-bond donors (Lipinski definition) is 1. The normalized spacial score (nSPS) is 18.7. The van der Waals surface area contributed by atoms with Gasteiger partial charge in [-0.1, -0.05) is 6.92 Å². The van der Waals surface area contributed by atoms with Gasteiger partial charge in [-0.25, -0.2) is 0 Å². The molecular formula is C10H24N2S. The minimum absolute atomic E-state index is 0.576. The van der Waals surface area contributed by atoms with Crippen LogP contribution in [-0.2, 0) is 0 Å². The molecule has 80 valence electrons. The van der Waals surface area contributed by atoms with Crippen molar-refractivity contribution in [3.8, 4) is 0 Å². The van der Waals surface area contributed by atoms with Gasteiger partial charge in [-0.15, -0.1) is 0 Å². The van der Waals surface area contributed by atoms with E-state index < -0.39 is 0 Å². The van der Waals surface area contributed by atoms with Crippen LogP contribution in [0.15, 0.2) is 0 Å². The summed E-state index contributed by atoms with van der Waals surface area (Å²) in [6.07, 6.45) is 2.15. The molecule has 3 unspecified atom stereocenters. The van der Waals surface area contributed by atoms with Crippen molar-refractivity contribution in [1.82, 2.24) is 4.90 Å². The van der Waals surface area contributed by atoms with Crippen molar-refractivity contribution in [2.24, 2.45) is 11.7 Å². The molecule has 0 aliphatic heterocycles. The maximum Gasteiger partial charge on any atom is 0.0157 e. The quantitative estimate of drug-likeness (QED) is 0.713. The summed E-state index contributed by atoms with van der Waals surface area (Å²) in [5, 5.41) is 0. The zero-order valence-electron chi connectivity index (χ0n) is 9.58. The minimum Gasteiger partial charge on any atom is -0.330 e. The van der Waals surface area contributed by atoms with E-state index in [2.05, 4.69) is 39.0 Å². The Morgan fingerprint density at radius 1 is 1.31 bits per heavy atom. The zero-order valence-corrected chi connectivity index (χ0v) is 10.4. The molecule has 2 N–H and O–H groups in total. The Hall–Kier alpha value is 0.270. The first kappa shape index (κ1) is 13.3. The van der Waals surface area contributed by atoms with Gasteiger partial charge in [0.05, 0.1) is 0 Å². The van der Waals surface area contributed by atoms with E-state index in [1.54, 1.807) is 0 Å². The van der Waals surface area contributed by atoms with E-state index in [1.807, 2.05) is 11.8 Å². The monoisotopic (exact) mass is 204 g/mol. The van der Waals surface area contributed by atoms with Crippen LogP contribution in [0, 0.1) is 5.92 Å². The van der Waals surface area contributed by atoms with Crippen molar-refractivity contribution < 1.29 is 0 Å². The summed E-state index contributed by atoms with van der Waals surface area (Å²) in [4.78, 5) is 2.42. The maximum atomic E-state index is 5.65. The molecule has 0 amide bonds. The fourth-order valence-electron chi connectivity index (χ4n) is 1.36. The molecule has 0 aliphatic rings. The Bertz CT molecular complexity index is 130. The van der Waals surface area contributed by atoms with Gasteiger partial charge in [0, 0.05) is 17.8 Å². The van der Waals surface area contributed by atoms with Crippen LogP contribution in [0.2, 0.25) is 0 Å². The molecule has 0 fully saturated rings. The van der Waals surface area contributed by atoms with Crippen molar-refractivity contribution in [3.63, 3.8) is 0 Å². The third-order valence-electron chi connectivity index (χ3n) is 2.94. The summed E-state index contributed by atoms with van der Waals surface area (Å²) in [6, 6.07) is 1.21. The Kier molecular flexibility index (Phi) is 6.82. The predicted molar refractivity (Wildman–Crippen MR) is 63.3 cm³/mol. The summed E-state index contributed by atoms with van der Waals surface area (Å²) in [5.74, 6) is 1.77. The second kappa shape index (κ2) is 6.68. The SMILES string of the molecule is CSCC(C)N(C)C(C)C(C)CN.